The molecule has 6 N–H and O–H groups in total. The standard InChI is InChI=1S/C34H22O10/c35-29-25(17-1-9-21(10-2-17)31(37)38)26(18-3-11-22(12-4-18)32(39)40)30(36)28(20-7-15-24(16-8-20)34(43)44)27(29)19-5-13-23(14-6-19)33(41)42/h1-16,35-36H,(H,37,38)(H,39,40)(H,41,42)(H,43,44). The molecular weight excluding hydrogens is 568 g/mol. The van der Waals surface area contributed by atoms with Crippen LogP contribution in [-0.2, 0) is 0 Å². The lowest BCUT2D eigenvalue weighted by Crippen LogP contribution is -2.00. The monoisotopic (exact) mass is 590 g/mol. The first-order chi connectivity index (χ1) is 21.0. The predicted octanol–water partition coefficient (Wildman–Crippen LogP) is 6.56. The molecule has 0 saturated heterocycles. The number of carboxylic acid groups (broad SMARTS) is 4. The van der Waals surface area contributed by atoms with Gasteiger partial charge in [-0.3, -0.25) is 0 Å². The van der Waals surface area contributed by atoms with E-state index in [9.17, 15) is 49.8 Å². The van der Waals surface area contributed by atoms with Crippen LogP contribution in [0.1, 0.15) is 41.4 Å². The number of hydrogen-bond donors (Lipinski definition) is 6. The summed E-state index contributed by atoms with van der Waals surface area (Å²) < 4.78 is 0. The van der Waals surface area contributed by atoms with Gasteiger partial charge in [-0.2, -0.15) is 0 Å². The Kier molecular flexibility index (Phi) is 7.57. The summed E-state index contributed by atoms with van der Waals surface area (Å²) >= 11 is 0. The molecule has 0 aliphatic carbocycles. The van der Waals surface area contributed by atoms with E-state index in [1.54, 1.807) is 0 Å². The average molecular weight is 591 g/mol. The summed E-state index contributed by atoms with van der Waals surface area (Å²) in [5, 5.41) is 61.6. The van der Waals surface area contributed by atoms with E-state index in [0.29, 0.717) is 22.3 Å². The highest BCUT2D eigenvalue weighted by Crippen LogP contribution is 2.55. The molecule has 0 atom stereocenters. The van der Waals surface area contributed by atoms with Crippen molar-refractivity contribution in [1.29, 1.82) is 0 Å². The van der Waals surface area contributed by atoms with E-state index < -0.39 is 23.9 Å². The SMILES string of the molecule is O=C(O)c1ccc(-c2c(O)c(-c3ccc(C(=O)O)cc3)c(-c3ccc(C(=O)O)cc3)c(O)c2-c2ccc(C(=O)O)cc2)cc1. The molecule has 0 amide bonds. The Morgan fingerprint density at radius 2 is 0.477 bits per heavy atom. The summed E-state index contributed by atoms with van der Waals surface area (Å²) in [5.41, 5.74) is 1.52. The van der Waals surface area contributed by atoms with Gasteiger partial charge < -0.3 is 30.6 Å². The van der Waals surface area contributed by atoms with Gasteiger partial charge >= 0.3 is 23.9 Å². The smallest absolute Gasteiger partial charge is 0.335 e. The van der Waals surface area contributed by atoms with Crippen molar-refractivity contribution < 1.29 is 49.8 Å². The van der Waals surface area contributed by atoms with E-state index in [1.165, 1.54) is 97.1 Å². The fraction of sp³-hybridized carbons (Fsp3) is 0. The Morgan fingerprint density at radius 1 is 0.318 bits per heavy atom. The third kappa shape index (κ3) is 5.30. The molecule has 10 heteroatoms. The van der Waals surface area contributed by atoms with E-state index in [0.717, 1.165) is 0 Å². The molecule has 5 rings (SSSR count). The molecular formula is C34H22O10. The lowest BCUT2D eigenvalue weighted by Gasteiger charge is -2.23. The molecule has 0 aliphatic heterocycles. The summed E-state index contributed by atoms with van der Waals surface area (Å²) in [5.74, 6) is -5.41. The van der Waals surface area contributed by atoms with Crippen LogP contribution >= 0.6 is 0 Å². The Labute approximate surface area is 249 Å². The maximum absolute atomic E-state index is 12.0. The molecule has 5 aromatic rings. The van der Waals surface area contributed by atoms with Crippen LogP contribution in [0.5, 0.6) is 11.5 Å². The lowest BCUT2D eigenvalue weighted by molar-refractivity contribution is 0.0686. The fourth-order valence-corrected chi connectivity index (χ4v) is 4.97. The zero-order chi connectivity index (χ0) is 31.7. The fourth-order valence-electron chi connectivity index (χ4n) is 4.97. The maximum atomic E-state index is 12.0. The first-order valence-electron chi connectivity index (χ1n) is 12.9. The van der Waals surface area contributed by atoms with Crippen molar-refractivity contribution in [2.75, 3.05) is 0 Å². The number of aromatic hydroxyl groups is 2. The molecule has 0 aromatic heterocycles. The third-order valence-corrected chi connectivity index (χ3v) is 7.13. The Bertz CT molecular complexity index is 1660. The number of aromatic carboxylic acids is 4. The van der Waals surface area contributed by atoms with Gasteiger partial charge in [0.25, 0.3) is 0 Å². The molecule has 10 nitrogen and oxygen atoms in total. The second-order valence-electron chi connectivity index (χ2n) is 9.73. The highest BCUT2D eigenvalue weighted by molar-refractivity contribution is 6.06. The molecule has 0 heterocycles. The largest absolute Gasteiger partial charge is 0.507 e. The van der Waals surface area contributed by atoms with Crippen molar-refractivity contribution in [2.45, 2.75) is 0 Å². The number of rotatable bonds is 8. The minimum atomic E-state index is -1.17. The van der Waals surface area contributed by atoms with Crippen molar-refractivity contribution >= 4 is 23.9 Å². The minimum Gasteiger partial charge on any atom is -0.507 e. The third-order valence-electron chi connectivity index (χ3n) is 7.13. The van der Waals surface area contributed by atoms with Crippen molar-refractivity contribution in [3.63, 3.8) is 0 Å². The number of hydrogen-bond acceptors (Lipinski definition) is 6. The summed E-state index contributed by atoms with van der Waals surface area (Å²) in [6, 6.07) is 22.2. The van der Waals surface area contributed by atoms with Gasteiger partial charge in [0.1, 0.15) is 11.5 Å². The summed E-state index contributed by atoms with van der Waals surface area (Å²) in [6.07, 6.45) is 0. The Hall–Kier alpha value is -6.42. The molecule has 218 valence electrons. The van der Waals surface area contributed by atoms with Crippen LogP contribution < -0.4 is 0 Å². The van der Waals surface area contributed by atoms with Crippen LogP contribution in [-0.4, -0.2) is 54.5 Å². The quantitative estimate of drug-likeness (QED) is 0.108. The molecule has 0 saturated carbocycles. The average Bonchev–Trinajstić information content (AvgIpc) is 3.01. The van der Waals surface area contributed by atoms with Gasteiger partial charge in [0.15, 0.2) is 0 Å². The van der Waals surface area contributed by atoms with E-state index in [4.69, 9.17) is 0 Å². The van der Waals surface area contributed by atoms with Gasteiger partial charge in [0, 0.05) is 22.3 Å². The van der Waals surface area contributed by atoms with Crippen LogP contribution in [0.4, 0.5) is 0 Å². The van der Waals surface area contributed by atoms with Crippen LogP contribution in [0.15, 0.2) is 97.1 Å². The molecule has 0 spiro atoms. The van der Waals surface area contributed by atoms with Crippen LogP contribution in [0.2, 0.25) is 0 Å². The zero-order valence-electron chi connectivity index (χ0n) is 22.6. The highest BCUT2D eigenvalue weighted by Gasteiger charge is 2.28. The second-order valence-corrected chi connectivity index (χ2v) is 9.73. The van der Waals surface area contributed by atoms with Crippen LogP contribution in [0.25, 0.3) is 44.5 Å². The Balaban J connectivity index is 1.90. The molecule has 44 heavy (non-hydrogen) atoms. The van der Waals surface area contributed by atoms with E-state index >= 15 is 0 Å². The minimum absolute atomic E-state index is 0.0237. The first-order valence-corrected chi connectivity index (χ1v) is 12.9. The van der Waals surface area contributed by atoms with Crippen LogP contribution in [0, 0.1) is 0 Å². The Morgan fingerprint density at radius 3 is 0.614 bits per heavy atom. The summed E-state index contributed by atoms with van der Waals surface area (Å²) in [7, 11) is 0. The van der Waals surface area contributed by atoms with Crippen LogP contribution in [0.3, 0.4) is 0 Å². The zero-order valence-corrected chi connectivity index (χ0v) is 22.6. The number of benzene rings is 5. The number of phenols is 2. The van der Waals surface area contributed by atoms with Crippen molar-refractivity contribution in [2.24, 2.45) is 0 Å². The molecule has 0 radical (unpaired) electrons. The number of carbonyl (C=O) groups is 4. The highest BCUT2D eigenvalue weighted by atomic mass is 16.4. The summed E-state index contributed by atoms with van der Waals surface area (Å²) in [6.45, 7) is 0. The summed E-state index contributed by atoms with van der Waals surface area (Å²) in [4.78, 5) is 46.0. The van der Waals surface area contributed by atoms with Gasteiger partial charge in [-0.1, -0.05) is 48.5 Å². The molecule has 0 aliphatic rings. The van der Waals surface area contributed by atoms with Crippen molar-refractivity contribution in [3.05, 3.63) is 119 Å². The van der Waals surface area contributed by atoms with E-state index in [1.807, 2.05) is 0 Å². The van der Waals surface area contributed by atoms with Crippen molar-refractivity contribution in [3.8, 4) is 56.0 Å². The lowest BCUT2D eigenvalue weighted by atomic mass is 9.83. The first kappa shape index (κ1) is 29.1. The topological polar surface area (TPSA) is 190 Å². The normalized spacial score (nSPS) is 10.7. The molecule has 0 bridgehead atoms. The number of carboxylic acids is 4. The maximum Gasteiger partial charge on any atom is 0.335 e. The second kappa shape index (κ2) is 11.5. The molecule has 0 unspecified atom stereocenters. The van der Waals surface area contributed by atoms with Gasteiger partial charge in [-0.25, -0.2) is 19.2 Å². The molecule has 0 fully saturated rings. The number of phenolic OH excluding ortho intramolecular Hbond substituents is 2. The predicted molar refractivity (Wildman–Crippen MR) is 159 cm³/mol. The van der Waals surface area contributed by atoms with E-state index in [-0.39, 0.29) is 56.0 Å². The van der Waals surface area contributed by atoms with Gasteiger partial charge in [-0.15, -0.1) is 0 Å². The van der Waals surface area contributed by atoms with Gasteiger partial charge in [0.2, 0.25) is 0 Å². The van der Waals surface area contributed by atoms with Gasteiger partial charge in [-0.05, 0) is 70.8 Å². The van der Waals surface area contributed by atoms with Crippen molar-refractivity contribution in [1.82, 2.24) is 0 Å². The van der Waals surface area contributed by atoms with E-state index in [2.05, 4.69) is 0 Å². The van der Waals surface area contributed by atoms with Gasteiger partial charge in [0.05, 0.1) is 22.3 Å². The molecule has 5 aromatic carbocycles.